The molecule has 4 rings (SSSR count). The van der Waals surface area contributed by atoms with Crippen LogP contribution in [0.25, 0.3) is 0 Å². The molecule has 0 radical (unpaired) electrons. The number of carboxylic acids is 2. The van der Waals surface area contributed by atoms with Crippen LogP contribution in [-0.4, -0.2) is 61.6 Å². The zero-order chi connectivity index (χ0) is 29.0. The van der Waals surface area contributed by atoms with Crippen LogP contribution in [0.5, 0.6) is 0 Å². The normalized spacial score (nSPS) is 17.7. The highest BCUT2D eigenvalue weighted by atomic mass is 19.4. The summed E-state index contributed by atoms with van der Waals surface area (Å²) in [5.41, 5.74) is 0.348. The van der Waals surface area contributed by atoms with Crippen LogP contribution in [-0.2, 0) is 15.8 Å². The molecule has 0 unspecified atom stereocenters. The van der Waals surface area contributed by atoms with E-state index in [0.29, 0.717) is 35.4 Å². The van der Waals surface area contributed by atoms with Gasteiger partial charge in [0.25, 0.3) is 0 Å². The molecule has 4 N–H and O–H groups in total. The molecule has 39 heavy (non-hydrogen) atoms. The van der Waals surface area contributed by atoms with Crippen LogP contribution in [0.1, 0.15) is 29.2 Å². The van der Waals surface area contributed by atoms with E-state index in [1.807, 2.05) is 0 Å². The quantitative estimate of drug-likeness (QED) is 0.329. The van der Waals surface area contributed by atoms with E-state index in [1.54, 1.807) is 36.2 Å². The van der Waals surface area contributed by atoms with Gasteiger partial charge in [-0.25, -0.2) is 9.78 Å². The number of aromatic amines is 1. The molecule has 0 amide bonds. The van der Waals surface area contributed by atoms with Gasteiger partial charge in [0.1, 0.15) is 11.6 Å². The van der Waals surface area contributed by atoms with Crippen molar-refractivity contribution in [3.05, 3.63) is 59.4 Å². The molecule has 0 bridgehead atoms. The molecule has 1 aliphatic rings. The average molecular weight is 560 g/mol. The number of H-pyrrole nitrogens is 1. The molecule has 16 heteroatoms. The number of anilines is 3. The van der Waals surface area contributed by atoms with Crippen LogP contribution < -0.4 is 10.2 Å². The SMILES string of the molecule is Cc1cc(Nc2ccn[nH]2)nc(N2C[C@H](C(=O)O)C[C@H](c3cccc(C(F)(F)F)c3)C2)n1.O=C(O)C(F)(F)F. The Morgan fingerprint density at radius 3 is 2.31 bits per heavy atom. The van der Waals surface area contributed by atoms with E-state index >= 15 is 0 Å². The molecular formula is C23H22F6N6O4. The lowest BCUT2D eigenvalue weighted by Crippen LogP contribution is -2.43. The van der Waals surface area contributed by atoms with Crippen molar-refractivity contribution in [2.24, 2.45) is 5.92 Å². The number of nitrogens with one attached hydrogen (secondary N) is 2. The third-order valence-corrected chi connectivity index (χ3v) is 5.62. The summed E-state index contributed by atoms with van der Waals surface area (Å²) in [5.74, 6) is -3.52. The van der Waals surface area contributed by atoms with Crippen LogP contribution in [0.15, 0.2) is 42.6 Å². The van der Waals surface area contributed by atoms with Gasteiger partial charge < -0.3 is 20.4 Å². The molecule has 1 saturated heterocycles. The molecule has 0 aliphatic carbocycles. The van der Waals surface area contributed by atoms with Crippen molar-refractivity contribution in [2.75, 3.05) is 23.3 Å². The van der Waals surface area contributed by atoms with E-state index in [2.05, 4.69) is 25.5 Å². The van der Waals surface area contributed by atoms with Gasteiger partial charge in [-0.3, -0.25) is 9.89 Å². The predicted molar refractivity (Wildman–Crippen MR) is 124 cm³/mol. The Bertz CT molecular complexity index is 1300. The number of piperidine rings is 1. The number of benzene rings is 1. The van der Waals surface area contributed by atoms with Gasteiger partial charge in [0.15, 0.2) is 0 Å². The number of halogens is 6. The summed E-state index contributed by atoms with van der Waals surface area (Å²) in [7, 11) is 0. The maximum absolute atomic E-state index is 13.2. The van der Waals surface area contributed by atoms with Gasteiger partial charge >= 0.3 is 24.3 Å². The largest absolute Gasteiger partial charge is 0.490 e. The summed E-state index contributed by atoms with van der Waals surface area (Å²) in [4.78, 5) is 31.4. The fraction of sp³-hybridized carbons (Fsp3) is 0.348. The Balaban J connectivity index is 0.000000532. The molecule has 1 aliphatic heterocycles. The minimum Gasteiger partial charge on any atom is -0.481 e. The second-order valence-corrected chi connectivity index (χ2v) is 8.59. The van der Waals surface area contributed by atoms with E-state index < -0.39 is 41.7 Å². The minimum absolute atomic E-state index is 0.164. The first kappa shape index (κ1) is 29.2. The fourth-order valence-corrected chi connectivity index (χ4v) is 3.87. The number of aliphatic carboxylic acids is 2. The molecular weight excluding hydrogens is 538 g/mol. The van der Waals surface area contributed by atoms with Gasteiger partial charge in [0.05, 0.1) is 17.7 Å². The van der Waals surface area contributed by atoms with E-state index in [4.69, 9.17) is 9.90 Å². The molecule has 0 spiro atoms. The van der Waals surface area contributed by atoms with E-state index in [1.165, 1.54) is 6.07 Å². The highest BCUT2D eigenvalue weighted by molar-refractivity contribution is 5.73. The third kappa shape index (κ3) is 8.05. The van der Waals surface area contributed by atoms with E-state index in [9.17, 15) is 36.2 Å². The zero-order valence-corrected chi connectivity index (χ0v) is 20.1. The maximum Gasteiger partial charge on any atom is 0.490 e. The van der Waals surface area contributed by atoms with Crippen LogP contribution in [0, 0.1) is 12.8 Å². The van der Waals surface area contributed by atoms with Crippen LogP contribution >= 0.6 is 0 Å². The molecule has 0 saturated carbocycles. The molecule has 3 heterocycles. The first-order chi connectivity index (χ1) is 18.1. The number of aromatic nitrogens is 4. The highest BCUT2D eigenvalue weighted by Crippen LogP contribution is 2.36. The predicted octanol–water partition coefficient (Wildman–Crippen LogP) is 4.60. The Morgan fingerprint density at radius 1 is 1.05 bits per heavy atom. The average Bonchev–Trinajstić information content (AvgIpc) is 3.36. The van der Waals surface area contributed by atoms with Crippen LogP contribution in [0.3, 0.4) is 0 Å². The summed E-state index contributed by atoms with van der Waals surface area (Å²) >= 11 is 0. The molecule has 2 atom stereocenters. The number of nitrogens with zero attached hydrogens (tertiary/aromatic N) is 4. The van der Waals surface area contributed by atoms with Crippen molar-refractivity contribution in [2.45, 2.75) is 31.6 Å². The summed E-state index contributed by atoms with van der Waals surface area (Å²) in [5, 5.41) is 26.5. The topological polar surface area (TPSA) is 144 Å². The van der Waals surface area contributed by atoms with Gasteiger partial charge in [0, 0.05) is 36.8 Å². The Morgan fingerprint density at radius 2 is 1.74 bits per heavy atom. The van der Waals surface area contributed by atoms with Gasteiger partial charge in [-0.2, -0.15) is 36.4 Å². The highest BCUT2D eigenvalue weighted by Gasteiger charge is 2.38. The van der Waals surface area contributed by atoms with Crippen molar-refractivity contribution < 1.29 is 46.1 Å². The number of hydrogen-bond acceptors (Lipinski definition) is 7. The van der Waals surface area contributed by atoms with Gasteiger partial charge in [0.2, 0.25) is 5.95 Å². The number of aryl methyl sites for hydroxylation is 1. The molecule has 210 valence electrons. The standard InChI is InChI=1S/C21H21F3N6O2.C2HF3O2/c1-12-7-18(27-17-5-6-25-29-17)28-20(26-12)30-10-14(8-15(11-30)19(31)32)13-3-2-4-16(9-13)21(22,23)24;3-2(4,5)1(6)7/h2-7,9,14-15H,8,10-11H2,1H3,(H,31,32)(H2,25,26,27,28,29);(H,6,7)/t14-,15+;/m0./s1. The molecule has 10 nitrogen and oxygen atoms in total. The first-order valence-corrected chi connectivity index (χ1v) is 11.2. The lowest BCUT2D eigenvalue weighted by molar-refractivity contribution is -0.192. The van der Waals surface area contributed by atoms with Crippen molar-refractivity contribution in [1.82, 2.24) is 20.2 Å². The zero-order valence-electron chi connectivity index (χ0n) is 20.1. The first-order valence-electron chi connectivity index (χ1n) is 11.2. The maximum atomic E-state index is 13.2. The summed E-state index contributed by atoms with van der Waals surface area (Å²) < 4.78 is 71.3. The third-order valence-electron chi connectivity index (χ3n) is 5.62. The lowest BCUT2D eigenvalue weighted by Gasteiger charge is -2.36. The Kier molecular flexibility index (Phi) is 8.66. The smallest absolute Gasteiger partial charge is 0.481 e. The molecule has 1 aromatic carbocycles. The van der Waals surface area contributed by atoms with E-state index in [-0.39, 0.29) is 13.0 Å². The number of rotatable bonds is 5. The van der Waals surface area contributed by atoms with Crippen LogP contribution in [0.4, 0.5) is 43.9 Å². The van der Waals surface area contributed by atoms with Gasteiger partial charge in [-0.15, -0.1) is 0 Å². The lowest BCUT2D eigenvalue weighted by atomic mass is 9.84. The second kappa shape index (κ2) is 11.6. The molecule has 2 aromatic heterocycles. The second-order valence-electron chi connectivity index (χ2n) is 8.59. The monoisotopic (exact) mass is 560 g/mol. The molecule has 3 aromatic rings. The summed E-state index contributed by atoms with van der Waals surface area (Å²) in [6.07, 6.45) is -7.74. The van der Waals surface area contributed by atoms with E-state index in [0.717, 1.165) is 12.1 Å². The summed E-state index contributed by atoms with van der Waals surface area (Å²) in [6.45, 7) is 2.25. The van der Waals surface area contributed by atoms with Crippen molar-refractivity contribution >= 4 is 29.5 Å². The number of carboxylic acid groups (broad SMARTS) is 2. The van der Waals surface area contributed by atoms with Gasteiger partial charge in [-0.1, -0.05) is 18.2 Å². The summed E-state index contributed by atoms with van der Waals surface area (Å²) in [6, 6.07) is 8.51. The Hall–Kier alpha value is -4.37. The minimum atomic E-state index is -5.08. The Labute approximate surface area is 216 Å². The molecule has 1 fully saturated rings. The number of carbonyl (C=O) groups is 2. The van der Waals surface area contributed by atoms with Crippen molar-refractivity contribution in [3.63, 3.8) is 0 Å². The van der Waals surface area contributed by atoms with Crippen molar-refractivity contribution in [3.8, 4) is 0 Å². The van der Waals surface area contributed by atoms with Gasteiger partial charge in [-0.05, 0) is 25.0 Å². The number of hydrogen-bond donors (Lipinski definition) is 4. The fourth-order valence-electron chi connectivity index (χ4n) is 3.87. The van der Waals surface area contributed by atoms with Crippen LogP contribution in [0.2, 0.25) is 0 Å². The van der Waals surface area contributed by atoms with Crippen molar-refractivity contribution in [1.29, 1.82) is 0 Å². The number of alkyl halides is 6.